The molecule has 28 heavy (non-hydrogen) atoms. The molecule has 2 aromatic rings. The summed E-state index contributed by atoms with van der Waals surface area (Å²) in [5.74, 6) is 1.01. The predicted octanol–water partition coefficient (Wildman–Crippen LogP) is 5.32. The second-order valence-electron chi connectivity index (χ2n) is 6.14. The van der Waals surface area contributed by atoms with Crippen molar-refractivity contribution in [1.29, 1.82) is 0 Å². The van der Waals surface area contributed by atoms with E-state index in [-0.39, 0.29) is 11.0 Å². The molecule has 7 heteroatoms. The predicted molar refractivity (Wildman–Crippen MR) is 120 cm³/mol. The van der Waals surface area contributed by atoms with E-state index < -0.39 is 0 Å². The van der Waals surface area contributed by atoms with Gasteiger partial charge in [-0.25, -0.2) is 0 Å². The molecule has 0 bridgehead atoms. The third-order valence-electron chi connectivity index (χ3n) is 3.49. The van der Waals surface area contributed by atoms with Crippen LogP contribution in [0.2, 0.25) is 0 Å². The number of thiocarbonyl (C=S) groups is 1. The summed E-state index contributed by atoms with van der Waals surface area (Å²) in [6, 6.07) is 12.5. The number of para-hydroxylation sites is 2. The maximum absolute atomic E-state index is 12.5. The Labute approximate surface area is 179 Å². The molecular weight excluding hydrogens is 440 g/mol. The second-order valence-corrected chi connectivity index (χ2v) is 7.41. The molecule has 0 saturated carbocycles. The van der Waals surface area contributed by atoms with Crippen LogP contribution in [0.5, 0.6) is 11.5 Å². The highest BCUT2D eigenvalue weighted by atomic mass is 79.9. The Morgan fingerprint density at radius 1 is 1.18 bits per heavy atom. The van der Waals surface area contributed by atoms with E-state index in [1.54, 1.807) is 18.2 Å². The number of anilines is 1. The molecule has 148 valence electrons. The van der Waals surface area contributed by atoms with Crippen LogP contribution in [0.4, 0.5) is 5.69 Å². The Morgan fingerprint density at radius 3 is 2.61 bits per heavy atom. The molecule has 0 spiro atoms. The maximum Gasteiger partial charge on any atom is 0.257 e. The van der Waals surface area contributed by atoms with E-state index in [1.165, 1.54) is 0 Å². The molecule has 2 rings (SSSR count). The molecule has 5 nitrogen and oxygen atoms in total. The molecule has 2 aromatic carbocycles. The molecule has 0 heterocycles. The first-order valence-electron chi connectivity index (χ1n) is 8.81. The summed E-state index contributed by atoms with van der Waals surface area (Å²) in [7, 11) is 0. The van der Waals surface area contributed by atoms with Crippen LogP contribution >= 0.6 is 28.1 Å². The minimum atomic E-state index is -0.319. The molecule has 0 radical (unpaired) electrons. The number of nitrogens with one attached hydrogen (secondary N) is 2. The van der Waals surface area contributed by atoms with Crippen molar-refractivity contribution in [3.8, 4) is 11.5 Å². The van der Waals surface area contributed by atoms with Crippen molar-refractivity contribution >= 4 is 44.9 Å². The lowest BCUT2D eigenvalue weighted by molar-refractivity contribution is 0.0977. The Morgan fingerprint density at radius 2 is 1.93 bits per heavy atom. The Bertz CT molecular complexity index is 870. The first-order valence-corrected chi connectivity index (χ1v) is 10.0. The highest BCUT2D eigenvalue weighted by Gasteiger charge is 2.12. The summed E-state index contributed by atoms with van der Waals surface area (Å²) in [4.78, 5) is 12.5. The van der Waals surface area contributed by atoms with E-state index in [2.05, 4.69) is 33.1 Å². The number of halogens is 1. The van der Waals surface area contributed by atoms with Crippen molar-refractivity contribution < 1.29 is 14.3 Å². The zero-order valence-corrected chi connectivity index (χ0v) is 18.3. The number of benzene rings is 2. The monoisotopic (exact) mass is 462 g/mol. The lowest BCUT2D eigenvalue weighted by atomic mass is 10.2. The fourth-order valence-electron chi connectivity index (χ4n) is 2.20. The quantitative estimate of drug-likeness (QED) is 0.410. The van der Waals surface area contributed by atoms with Crippen molar-refractivity contribution in [2.75, 3.05) is 18.5 Å². The topological polar surface area (TPSA) is 59.6 Å². The number of amides is 1. The minimum absolute atomic E-state index is 0.179. The highest BCUT2D eigenvalue weighted by Crippen LogP contribution is 2.26. The van der Waals surface area contributed by atoms with Gasteiger partial charge in [-0.05, 0) is 77.4 Å². The van der Waals surface area contributed by atoms with Gasteiger partial charge in [0.15, 0.2) is 5.11 Å². The molecule has 2 N–H and O–H groups in total. The molecule has 1 amide bonds. The van der Waals surface area contributed by atoms with Gasteiger partial charge in [0.25, 0.3) is 5.91 Å². The van der Waals surface area contributed by atoms with Crippen LogP contribution in [0.3, 0.4) is 0 Å². The van der Waals surface area contributed by atoms with Crippen LogP contribution in [0.1, 0.15) is 30.6 Å². The van der Waals surface area contributed by atoms with Gasteiger partial charge in [-0.1, -0.05) is 25.6 Å². The number of rotatable bonds is 8. The third kappa shape index (κ3) is 6.65. The van der Waals surface area contributed by atoms with Gasteiger partial charge in [-0.2, -0.15) is 0 Å². The van der Waals surface area contributed by atoms with Gasteiger partial charge in [-0.3, -0.25) is 10.1 Å². The van der Waals surface area contributed by atoms with Crippen molar-refractivity contribution in [3.63, 3.8) is 0 Å². The SMILES string of the molecule is C=C(C)COc1ccccc1NC(=S)NC(=O)c1ccc(OCCC)c(Br)c1. The fourth-order valence-corrected chi connectivity index (χ4v) is 2.89. The summed E-state index contributed by atoms with van der Waals surface area (Å²) in [6.45, 7) is 8.76. The number of hydrogen-bond acceptors (Lipinski definition) is 4. The molecule has 0 aliphatic carbocycles. The van der Waals surface area contributed by atoms with E-state index in [0.717, 1.165) is 12.0 Å². The summed E-state index contributed by atoms with van der Waals surface area (Å²) < 4.78 is 12.0. The first kappa shape index (κ1) is 21.9. The Balaban J connectivity index is 2.00. The highest BCUT2D eigenvalue weighted by molar-refractivity contribution is 9.10. The maximum atomic E-state index is 12.5. The largest absolute Gasteiger partial charge is 0.492 e. The van der Waals surface area contributed by atoms with Gasteiger partial charge in [0.2, 0.25) is 0 Å². The minimum Gasteiger partial charge on any atom is -0.492 e. The Hall–Kier alpha value is -2.38. The molecule has 0 aliphatic heterocycles. The molecule has 0 fully saturated rings. The van der Waals surface area contributed by atoms with E-state index in [1.807, 2.05) is 38.1 Å². The molecular formula is C21H23BrN2O3S. The lowest BCUT2D eigenvalue weighted by Crippen LogP contribution is -2.34. The van der Waals surface area contributed by atoms with Crippen LogP contribution in [0, 0.1) is 0 Å². The van der Waals surface area contributed by atoms with Crippen LogP contribution < -0.4 is 20.1 Å². The number of carbonyl (C=O) groups excluding carboxylic acids is 1. The standard InChI is InChI=1S/C21H23BrN2O3S/c1-4-11-26-18-10-9-15(12-16(18)22)20(25)24-21(28)23-17-7-5-6-8-19(17)27-13-14(2)3/h5-10,12H,2,4,11,13H2,1,3H3,(H2,23,24,25,28). The van der Waals surface area contributed by atoms with Crippen LogP contribution in [-0.4, -0.2) is 24.2 Å². The van der Waals surface area contributed by atoms with Gasteiger partial charge in [0.05, 0.1) is 16.8 Å². The van der Waals surface area contributed by atoms with Crippen LogP contribution in [-0.2, 0) is 0 Å². The Kier molecular flexibility index (Phi) is 8.47. The number of ether oxygens (including phenoxy) is 2. The molecule has 0 unspecified atom stereocenters. The van der Waals surface area contributed by atoms with Crippen molar-refractivity contribution in [1.82, 2.24) is 5.32 Å². The van der Waals surface area contributed by atoms with E-state index in [9.17, 15) is 4.79 Å². The van der Waals surface area contributed by atoms with E-state index in [4.69, 9.17) is 21.7 Å². The number of hydrogen-bond donors (Lipinski definition) is 2. The average Bonchev–Trinajstić information content (AvgIpc) is 2.66. The summed E-state index contributed by atoms with van der Waals surface area (Å²) in [5, 5.41) is 5.85. The van der Waals surface area contributed by atoms with Gasteiger partial charge >= 0.3 is 0 Å². The van der Waals surface area contributed by atoms with Gasteiger partial charge in [-0.15, -0.1) is 0 Å². The molecule has 0 aliphatic rings. The smallest absolute Gasteiger partial charge is 0.257 e. The molecule has 0 atom stereocenters. The van der Waals surface area contributed by atoms with E-state index >= 15 is 0 Å². The lowest BCUT2D eigenvalue weighted by Gasteiger charge is -2.14. The first-order chi connectivity index (χ1) is 13.4. The van der Waals surface area contributed by atoms with Crippen molar-refractivity contribution in [2.24, 2.45) is 0 Å². The number of carbonyl (C=O) groups is 1. The van der Waals surface area contributed by atoms with Crippen LogP contribution in [0.15, 0.2) is 59.1 Å². The normalized spacial score (nSPS) is 10.1. The van der Waals surface area contributed by atoms with Crippen molar-refractivity contribution in [3.05, 3.63) is 64.7 Å². The third-order valence-corrected chi connectivity index (χ3v) is 4.32. The van der Waals surface area contributed by atoms with E-state index in [0.29, 0.717) is 40.4 Å². The second kappa shape index (κ2) is 10.8. The summed E-state index contributed by atoms with van der Waals surface area (Å²) in [6.07, 6.45) is 0.909. The van der Waals surface area contributed by atoms with Crippen LogP contribution in [0.25, 0.3) is 0 Å². The summed E-state index contributed by atoms with van der Waals surface area (Å²) in [5.41, 5.74) is 2.04. The average molecular weight is 463 g/mol. The van der Waals surface area contributed by atoms with Gasteiger partial charge < -0.3 is 14.8 Å². The van der Waals surface area contributed by atoms with Gasteiger partial charge in [0, 0.05) is 5.56 Å². The zero-order chi connectivity index (χ0) is 20.5. The molecule has 0 saturated heterocycles. The van der Waals surface area contributed by atoms with Crippen molar-refractivity contribution in [2.45, 2.75) is 20.3 Å². The van der Waals surface area contributed by atoms with Gasteiger partial charge in [0.1, 0.15) is 18.1 Å². The fraction of sp³-hybridized carbons (Fsp3) is 0.238. The zero-order valence-electron chi connectivity index (χ0n) is 15.9. The summed E-state index contributed by atoms with van der Waals surface area (Å²) >= 11 is 8.70. The molecule has 0 aromatic heterocycles.